The van der Waals surface area contributed by atoms with Crippen LogP contribution in [0.25, 0.3) is 0 Å². The second-order valence-corrected chi connectivity index (χ2v) is 9.47. The van der Waals surface area contributed by atoms with E-state index in [0.29, 0.717) is 0 Å². The van der Waals surface area contributed by atoms with Crippen LogP contribution in [0.3, 0.4) is 0 Å². The Morgan fingerprint density at radius 3 is 0.875 bits per heavy atom. The topological polar surface area (TPSA) is 24.9 Å². The van der Waals surface area contributed by atoms with Gasteiger partial charge in [0.05, 0.1) is 13.2 Å². The monoisotopic (exact) mass is 456 g/mol. The molecule has 4 nitrogen and oxygen atoms in total. The Hall–Kier alpha value is -0.160. The summed E-state index contributed by atoms with van der Waals surface area (Å²) in [6.45, 7) is 15.1. The lowest BCUT2D eigenvalue weighted by atomic mass is 10.2. The Kier molecular flexibility index (Phi) is 27.0. The van der Waals surface area contributed by atoms with E-state index in [1.807, 2.05) is 0 Å². The van der Waals surface area contributed by atoms with E-state index in [1.54, 1.807) is 0 Å². The van der Waals surface area contributed by atoms with Crippen molar-refractivity contribution in [3.63, 3.8) is 0 Å². The van der Waals surface area contributed by atoms with Crippen molar-refractivity contribution in [1.82, 2.24) is 10.1 Å². The fourth-order valence-corrected chi connectivity index (χ4v) is 3.93. The lowest BCUT2D eigenvalue weighted by Crippen LogP contribution is -2.28. The normalized spacial score (nSPS) is 11.8. The first-order valence-corrected chi connectivity index (χ1v) is 14.5. The first-order valence-electron chi connectivity index (χ1n) is 14.5. The second-order valence-electron chi connectivity index (χ2n) is 9.47. The van der Waals surface area contributed by atoms with Gasteiger partial charge >= 0.3 is 0 Å². The van der Waals surface area contributed by atoms with Crippen molar-refractivity contribution in [3.05, 3.63) is 0 Å². The van der Waals surface area contributed by atoms with Crippen molar-refractivity contribution < 1.29 is 9.68 Å². The summed E-state index contributed by atoms with van der Waals surface area (Å²) in [6, 6.07) is 0. The van der Waals surface area contributed by atoms with E-state index in [9.17, 15) is 0 Å². The summed E-state index contributed by atoms with van der Waals surface area (Å²) in [7, 11) is 0. The van der Waals surface area contributed by atoms with E-state index in [4.69, 9.17) is 9.68 Å². The van der Waals surface area contributed by atoms with Gasteiger partial charge in [0.1, 0.15) is 0 Å². The fourth-order valence-electron chi connectivity index (χ4n) is 3.93. The minimum absolute atomic E-state index is 0.831. The molecular formula is C28H60N2O2. The highest BCUT2D eigenvalue weighted by atomic mass is 16.7. The zero-order chi connectivity index (χ0) is 23.5. The zero-order valence-electron chi connectivity index (χ0n) is 22.7. The summed E-state index contributed by atoms with van der Waals surface area (Å²) in [5, 5.41) is 4.50. The predicted octanol–water partition coefficient (Wildman–Crippen LogP) is 8.56. The van der Waals surface area contributed by atoms with Gasteiger partial charge in [-0.3, -0.25) is 9.68 Å². The van der Waals surface area contributed by atoms with Gasteiger partial charge in [0.15, 0.2) is 0 Å². The van der Waals surface area contributed by atoms with Gasteiger partial charge < -0.3 is 0 Å². The second kappa shape index (κ2) is 27.1. The van der Waals surface area contributed by atoms with Crippen molar-refractivity contribution in [2.24, 2.45) is 0 Å². The number of hydroxylamine groups is 4. The minimum atomic E-state index is 0.831. The van der Waals surface area contributed by atoms with Crippen LogP contribution in [-0.2, 0) is 9.68 Å². The van der Waals surface area contributed by atoms with Crippen LogP contribution in [0.5, 0.6) is 0 Å². The molecule has 32 heavy (non-hydrogen) atoms. The maximum atomic E-state index is 6.16. The molecule has 0 aliphatic carbocycles. The Balaban J connectivity index is 4.04. The van der Waals surface area contributed by atoms with Gasteiger partial charge in [-0.15, -0.1) is 0 Å². The number of nitrogens with zero attached hydrogens (tertiary/aromatic N) is 2. The smallest absolute Gasteiger partial charge is 0.0685 e. The molecule has 0 heterocycles. The van der Waals surface area contributed by atoms with Crippen LogP contribution < -0.4 is 0 Å². The average Bonchev–Trinajstić information content (AvgIpc) is 2.80. The summed E-state index contributed by atoms with van der Waals surface area (Å²) < 4.78 is 0. The highest BCUT2D eigenvalue weighted by molar-refractivity contribution is 4.53. The highest BCUT2D eigenvalue weighted by Gasteiger charge is 2.07. The minimum Gasteiger partial charge on any atom is -0.299 e. The summed E-state index contributed by atoms with van der Waals surface area (Å²) in [5.74, 6) is 0. The van der Waals surface area contributed by atoms with Crippen molar-refractivity contribution in [3.8, 4) is 0 Å². The number of hydrogen-bond acceptors (Lipinski definition) is 4. The van der Waals surface area contributed by atoms with E-state index < -0.39 is 0 Å². The SMILES string of the molecule is CCCCCCN(CCCCCC)OCCCCON(CCCCCC)CCCCCC. The first kappa shape index (κ1) is 31.8. The van der Waals surface area contributed by atoms with E-state index >= 15 is 0 Å². The quantitative estimate of drug-likeness (QED) is 0.0912. The maximum absolute atomic E-state index is 6.16. The molecule has 0 N–H and O–H groups in total. The van der Waals surface area contributed by atoms with Gasteiger partial charge in [-0.05, 0) is 38.5 Å². The van der Waals surface area contributed by atoms with Gasteiger partial charge in [0, 0.05) is 26.2 Å². The molecule has 194 valence electrons. The lowest BCUT2D eigenvalue weighted by molar-refractivity contribution is -0.173. The summed E-state index contributed by atoms with van der Waals surface area (Å²) >= 11 is 0. The summed E-state index contributed by atoms with van der Waals surface area (Å²) in [4.78, 5) is 12.3. The van der Waals surface area contributed by atoms with Crippen LogP contribution in [0.15, 0.2) is 0 Å². The molecule has 0 spiro atoms. The third kappa shape index (κ3) is 23.0. The third-order valence-corrected chi connectivity index (χ3v) is 6.13. The summed E-state index contributed by atoms with van der Waals surface area (Å²) in [6.07, 6.45) is 23.1. The summed E-state index contributed by atoms with van der Waals surface area (Å²) in [5.41, 5.74) is 0. The molecule has 4 heteroatoms. The molecule has 0 unspecified atom stereocenters. The third-order valence-electron chi connectivity index (χ3n) is 6.13. The van der Waals surface area contributed by atoms with Gasteiger partial charge in [-0.25, -0.2) is 0 Å². The van der Waals surface area contributed by atoms with Crippen LogP contribution in [-0.4, -0.2) is 49.5 Å². The molecule has 0 saturated carbocycles. The molecular weight excluding hydrogens is 396 g/mol. The molecule has 0 rings (SSSR count). The number of hydrogen-bond donors (Lipinski definition) is 0. The molecule has 0 aliphatic rings. The molecule has 0 aromatic rings. The lowest BCUT2D eigenvalue weighted by Gasteiger charge is -2.23. The average molecular weight is 457 g/mol. The molecule has 0 bridgehead atoms. The Morgan fingerprint density at radius 2 is 0.625 bits per heavy atom. The van der Waals surface area contributed by atoms with E-state index in [-0.39, 0.29) is 0 Å². The number of unbranched alkanes of at least 4 members (excludes halogenated alkanes) is 13. The molecule has 0 aromatic heterocycles. The van der Waals surface area contributed by atoms with Crippen molar-refractivity contribution in [2.45, 2.75) is 143 Å². The molecule has 0 amide bonds. The molecule has 0 saturated heterocycles. The van der Waals surface area contributed by atoms with Crippen LogP contribution in [0.4, 0.5) is 0 Å². The van der Waals surface area contributed by atoms with Gasteiger partial charge in [-0.1, -0.05) is 105 Å². The Labute approximate surface area is 202 Å². The maximum Gasteiger partial charge on any atom is 0.0685 e. The van der Waals surface area contributed by atoms with Crippen molar-refractivity contribution in [2.75, 3.05) is 39.4 Å². The van der Waals surface area contributed by atoms with Crippen LogP contribution >= 0.6 is 0 Å². The molecule has 0 radical (unpaired) electrons. The van der Waals surface area contributed by atoms with Crippen LogP contribution in [0.2, 0.25) is 0 Å². The Morgan fingerprint density at radius 1 is 0.344 bits per heavy atom. The van der Waals surface area contributed by atoms with Gasteiger partial charge in [0.2, 0.25) is 0 Å². The van der Waals surface area contributed by atoms with Crippen LogP contribution in [0.1, 0.15) is 143 Å². The standard InChI is InChI=1S/C28H60N2O2/c1-5-9-13-17-23-29(24-18-14-10-6-2)31-27-21-22-28-32-30(25-19-15-11-7-3)26-20-16-12-8-4/h5-28H2,1-4H3. The number of rotatable bonds is 27. The van der Waals surface area contributed by atoms with Gasteiger partial charge in [0.25, 0.3) is 0 Å². The highest BCUT2D eigenvalue weighted by Crippen LogP contribution is 2.09. The molecule has 0 aliphatic heterocycles. The largest absolute Gasteiger partial charge is 0.299 e. The first-order chi connectivity index (χ1) is 15.8. The van der Waals surface area contributed by atoms with E-state index in [1.165, 1.54) is 103 Å². The predicted molar refractivity (Wildman–Crippen MR) is 141 cm³/mol. The molecule has 0 aromatic carbocycles. The van der Waals surface area contributed by atoms with Crippen molar-refractivity contribution >= 4 is 0 Å². The van der Waals surface area contributed by atoms with E-state index in [0.717, 1.165) is 52.2 Å². The molecule has 0 atom stereocenters. The van der Waals surface area contributed by atoms with Gasteiger partial charge in [-0.2, -0.15) is 10.1 Å². The van der Waals surface area contributed by atoms with Crippen molar-refractivity contribution in [1.29, 1.82) is 0 Å². The fraction of sp³-hybridized carbons (Fsp3) is 1.00. The molecule has 0 fully saturated rings. The van der Waals surface area contributed by atoms with E-state index in [2.05, 4.69) is 37.8 Å². The zero-order valence-corrected chi connectivity index (χ0v) is 22.7. The van der Waals surface area contributed by atoms with Crippen LogP contribution in [0, 0.1) is 0 Å². The Bertz CT molecular complexity index is 285.